The number of aryl methyl sites for hydroxylation is 1. The van der Waals surface area contributed by atoms with Gasteiger partial charge in [-0.05, 0) is 48.2 Å². The van der Waals surface area contributed by atoms with Gasteiger partial charge < -0.3 is 5.11 Å². The molecule has 0 bridgehead atoms. The molecular weight excluding hydrogens is 305 g/mol. The molecule has 0 unspecified atom stereocenters. The molecule has 0 aliphatic carbocycles. The van der Waals surface area contributed by atoms with Crippen LogP contribution in [0.5, 0.6) is 5.75 Å². The standard InChI is InChI=1S/C17H17Cl2NO/c1-10(2)14-8-16(11(3)6-17(14)21)20-9-12-4-5-13(18)7-15(12)19/h4-10,21H,1-3H3. The van der Waals surface area contributed by atoms with E-state index in [-0.39, 0.29) is 5.92 Å². The summed E-state index contributed by atoms with van der Waals surface area (Å²) < 4.78 is 0. The zero-order valence-electron chi connectivity index (χ0n) is 12.2. The van der Waals surface area contributed by atoms with Gasteiger partial charge in [0, 0.05) is 16.8 Å². The van der Waals surface area contributed by atoms with Crippen LogP contribution in [-0.2, 0) is 0 Å². The molecule has 1 N–H and O–H groups in total. The second-order valence-electron chi connectivity index (χ2n) is 5.28. The predicted molar refractivity (Wildman–Crippen MR) is 90.6 cm³/mol. The molecule has 0 aromatic heterocycles. The summed E-state index contributed by atoms with van der Waals surface area (Å²) in [7, 11) is 0. The van der Waals surface area contributed by atoms with Crippen molar-refractivity contribution in [2.24, 2.45) is 4.99 Å². The van der Waals surface area contributed by atoms with Gasteiger partial charge in [-0.1, -0.05) is 43.1 Å². The number of aromatic hydroxyl groups is 1. The highest BCUT2D eigenvalue weighted by molar-refractivity contribution is 6.36. The first-order valence-electron chi connectivity index (χ1n) is 6.71. The second-order valence-corrected chi connectivity index (χ2v) is 6.12. The Labute approximate surface area is 135 Å². The van der Waals surface area contributed by atoms with Crippen LogP contribution in [0.25, 0.3) is 0 Å². The van der Waals surface area contributed by atoms with Crippen LogP contribution in [0, 0.1) is 6.92 Å². The number of phenolic OH excluding ortho intramolecular Hbond substituents is 1. The molecule has 0 heterocycles. The van der Waals surface area contributed by atoms with Crippen LogP contribution in [0.15, 0.2) is 35.3 Å². The Bertz CT molecular complexity index is 693. The monoisotopic (exact) mass is 321 g/mol. The maximum atomic E-state index is 9.96. The van der Waals surface area contributed by atoms with Crippen LogP contribution in [0.1, 0.15) is 36.5 Å². The third-order valence-corrected chi connectivity index (χ3v) is 3.83. The van der Waals surface area contributed by atoms with Gasteiger partial charge in [-0.3, -0.25) is 4.99 Å². The van der Waals surface area contributed by atoms with Crippen molar-refractivity contribution in [3.63, 3.8) is 0 Å². The van der Waals surface area contributed by atoms with Gasteiger partial charge in [-0.2, -0.15) is 0 Å². The van der Waals surface area contributed by atoms with E-state index in [1.54, 1.807) is 24.4 Å². The van der Waals surface area contributed by atoms with E-state index in [2.05, 4.69) is 4.99 Å². The van der Waals surface area contributed by atoms with Crippen LogP contribution >= 0.6 is 23.2 Å². The fourth-order valence-electron chi connectivity index (χ4n) is 2.04. The second kappa shape index (κ2) is 6.50. The zero-order chi connectivity index (χ0) is 15.6. The largest absolute Gasteiger partial charge is 0.508 e. The van der Waals surface area contributed by atoms with E-state index in [0.29, 0.717) is 15.8 Å². The maximum absolute atomic E-state index is 9.96. The lowest BCUT2D eigenvalue weighted by atomic mass is 9.99. The number of halogens is 2. The van der Waals surface area contributed by atoms with E-state index in [4.69, 9.17) is 23.2 Å². The summed E-state index contributed by atoms with van der Waals surface area (Å²) in [5.74, 6) is 0.546. The molecule has 0 aliphatic heterocycles. The smallest absolute Gasteiger partial charge is 0.119 e. The molecule has 0 atom stereocenters. The Morgan fingerprint density at radius 1 is 1.14 bits per heavy atom. The molecule has 2 aromatic rings. The summed E-state index contributed by atoms with van der Waals surface area (Å²) in [6, 6.07) is 8.94. The minimum Gasteiger partial charge on any atom is -0.508 e. The van der Waals surface area contributed by atoms with Crippen molar-refractivity contribution in [2.45, 2.75) is 26.7 Å². The van der Waals surface area contributed by atoms with Crippen molar-refractivity contribution in [1.82, 2.24) is 0 Å². The maximum Gasteiger partial charge on any atom is 0.119 e. The van der Waals surface area contributed by atoms with Gasteiger partial charge in [0.1, 0.15) is 5.75 Å². The summed E-state index contributed by atoms with van der Waals surface area (Å²) >= 11 is 12.0. The lowest BCUT2D eigenvalue weighted by molar-refractivity contribution is 0.464. The third-order valence-electron chi connectivity index (χ3n) is 3.27. The first-order valence-corrected chi connectivity index (χ1v) is 7.46. The Morgan fingerprint density at radius 3 is 2.48 bits per heavy atom. The summed E-state index contributed by atoms with van der Waals surface area (Å²) in [5.41, 5.74) is 3.43. The number of nitrogens with zero attached hydrogens (tertiary/aromatic N) is 1. The molecule has 2 aromatic carbocycles. The first-order chi connectivity index (χ1) is 9.88. The SMILES string of the molecule is Cc1cc(O)c(C(C)C)cc1N=Cc1ccc(Cl)cc1Cl. The molecule has 0 saturated heterocycles. The highest BCUT2D eigenvalue weighted by Crippen LogP contribution is 2.32. The fraction of sp³-hybridized carbons (Fsp3) is 0.235. The van der Waals surface area contributed by atoms with Gasteiger partial charge >= 0.3 is 0 Å². The molecule has 0 radical (unpaired) electrons. The zero-order valence-corrected chi connectivity index (χ0v) is 13.7. The van der Waals surface area contributed by atoms with Crippen molar-refractivity contribution in [3.8, 4) is 5.75 Å². The summed E-state index contributed by atoms with van der Waals surface area (Å²) in [6.07, 6.45) is 1.71. The molecular formula is C17H17Cl2NO. The van der Waals surface area contributed by atoms with E-state index in [9.17, 15) is 5.11 Å². The van der Waals surface area contributed by atoms with Gasteiger partial charge in [0.25, 0.3) is 0 Å². The summed E-state index contributed by atoms with van der Waals surface area (Å²) in [5, 5.41) is 11.1. The quantitative estimate of drug-likeness (QED) is 0.703. The number of hydrogen-bond donors (Lipinski definition) is 1. The van der Waals surface area contributed by atoms with Crippen LogP contribution in [-0.4, -0.2) is 11.3 Å². The number of rotatable bonds is 3. The molecule has 0 aliphatic rings. The lowest BCUT2D eigenvalue weighted by Gasteiger charge is -2.11. The number of hydrogen-bond acceptors (Lipinski definition) is 2. The molecule has 2 nitrogen and oxygen atoms in total. The molecule has 4 heteroatoms. The van der Waals surface area contributed by atoms with Crippen molar-refractivity contribution in [3.05, 3.63) is 57.1 Å². The molecule has 0 saturated carbocycles. The van der Waals surface area contributed by atoms with Gasteiger partial charge in [0.05, 0.1) is 10.7 Å². The van der Waals surface area contributed by atoms with Crippen LogP contribution < -0.4 is 0 Å². The van der Waals surface area contributed by atoms with Gasteiger partial charge in [0.15, 0.2) is 0 Å². The van der Waals surface area contributed by atoms with Crippen molar-refractivity contribution in [1.29, 1.82) is 0 Å². The predicted octanol–water partition coefficient (Wildman–Crippen LogP) is 5.88. The van der Waals surface area contributed by atoms with Crippen LogP contribution in [0.2, 0.25) is 10.0 Å². The average molecular weight is 322 g/mol. The Morgan fingerprint density at radius 2 is 1.86 bits per heavy atom. The summed E-state index contributed by atoms with van der Waals surface area (Å²) in [4.78, 5) is 4.49. The van der Waals surface area contributed by atoms with E-state index in [1.807, 2.05) is 32.9 Å². The minimum atomic E-state index is 0.235. The number of benzene rings is 2. The fourth-order valence-corrected chi connectivity index (χ4v) is 2.50. The molecule has 110 valence electrons. The summed E-state index contributed by atoms with van der Waals surface area (Å²) in [6.45, 7) is 5.99. The van der Waals surface area contributed by atoms with Crippen LogP contribution in [0.3, 0.4) is 0 Å². The number of phenols is 1. The Balaban J connectivity index is 2.38. The van der Waals surface area contributed by atoms with Crippen molar-refractivity contribution >= 4 is 35.1 Å². The third kappa shape index (κ3) is 3.78. The average Bonchev–Trinajstić information content (AvgIpc) is 2.39. The van der Waals surface area contributed by atoms with Gasteiger partial charge in [-0.25, -0.2) is 0 Å². The number of aliphatic imine (C=N–C) groups is 1. The Hall–Kier alpha value is -1.51. The molecule has 2 rings (SSSR count). The first kappa shape index (κ1) is 15.9. The lowest BCUT2D eigenvalue weighted by Crippen LogP contribution is -1.90. The van der Waals surface area contributed by atoms with E-state index in [1.165, 1.54) is 0 Å². The van der Waals surface area contributed by atoms with E-state index in [0.717, 1.165) is 22.4 Å². The molecule has 21 heavy (non-hydrogen) atoms. The highest BCUT2D eigenvalue weighted by Gasteiger charge is 2.09. The van der Waals surface area contributed by atoms with E-state index >= 15 is 0 Å². The van der Waals surface area contributed by atoms with Gasteiger partial charge in [-0.15, -0.1) is 0 Å². The highest BCUT2D eigenvalue weighted by atomic mass is 35.5. The molecule has 0 spiro atoms. The van der Waals surface area contributed by atoms with E-state index < -0.39 is 0 Å². The van der Waals surface area contributed by atoms with Gasteiger partial charge in [0.2, 0.25) is 0 Å². The molecule has 0 amide bonds. The topological polar surface area (TPSA) is 32.6 Å². The van der Waals surface area contributed by atoms with Crippen LogP contribution in [0.4, 0.5) is 5.69 Å². The minimum absolute atomic E-state index is 0.235. The molecule has 0 fully saturated rings. The normalized spacial score (nSPS) is 11.5. The van der Waals surface area contributed by atoms with Crippen molar-refractivity contribution in [2.75, 3.05) is 0 Å². The Kier molecular flexibility index (Phi) is 4.92. The van der Waals surface area contributed by atoms with Crippen molar-refractivity contribution < 1.29 is 5.11 Å².